The van der Waals surface area contributed by atoms with Crippen LogP contribution in [0.1, 0.15) is 175 Å². The molecule has 1 aromatic rings. The van der Waals surface area contributed by atoms with Crippen LogP contribution in [0.2, 0.25) is 0 Å². The zero-order valence-corrected chi connectivity index (χ0v) is 27.8. The smallest absolute Gasteiger partial charge is 0.306 e. The maximum Gasteiger partial charge on any atom is 0.306 e. The molecule has 1 unspecified atom stereocenters. The standard InChI is InChI=1S/C31H54O3.C5H13N/c1-8-9-10-11-12-13-14-15-16-17-18-19-20-24(29(33)34)21-25-22-26(30(2,3)4)23-27(28(25)32)31(5,6)7;1-2-3-4-5-6/h22-24,32H,8-21H2,1-7H3,(H,33,34);2-6H2,1H3. The minimum atomic E-state index is -0.749. The van der Waals surface area contributed by atoms with E-state index in [2.05, 4.69) is 61.5 Å². The van der Waals surface area contributed by atoms with Crippen molar-refractivity contribution in [1.29, 1.82) is 0 Å². The Hall–Kier alpha value is -1.55. The average Bonchev–Trinajstić information content (AvgIpc) is 2.87. The monoisotopic (exact) mass is 562 g/mol. The van der Waals surface area contributed by atoms with Crippen molar-refractivity contribution in [2.75, 3.05) is 6.54 Å². The maximum absolute atomic E-state index is 12.0. The molecule has 4 nitrogen and oxygen atoms in total. The van der Waals surface area contributed by atoms with E-state index in [9.17, 15) is 15.0 Å². The van der Waals surface area contributed by atoms with Crippen molar-refractivity contribution in [3.8, 4) is 5.75 Å². The minimum Gasteiger partial charge on any atom is -0.507 e. The summed E-state index contributed by atoms with van der Waals surface area (Å²) in [5, 5.41) is 20.9. The Labute approximate surface area is 248 Å². The van der Waals surface area contributed by atoms with Crippen molar-refractivity contribution >= 4 is 5.97 Å². The fourth-order valence-electron chi connectivity index (χ4n) is 5.06. The SMILES string of the molecule is CCCCCCCCCCCCCCC(Cc1cc(C(C)(C)C)cc(C(C)(C)C)c1O)C(=O)O.CCCCCN. The molecule has 0 radical (unpaired) electrons. The fraction of sp³-hybridized carbons (Fsp3) is 0.806. The van der Waals surface area contributed by atoms with E-state index in [1.54, 1.807) is 0 Å². The van der Waals surface area contributed by atoms with E-state index in [1.807, 2.05) is 6.07 Å². The molecule has 0 aromatic heterocycles. The van der Waals surface area contributed by atoms with Crippen molar-refractivity contribution in [1.82, 2.24) is 0 Å². The van der Waals surface area contributed by atoms with Crippen molar-refractivity contribution in [3.05, 3.63) is 28.8 Å². The molecule has 0 amide bonds. The summed E-state index contributed by atoms with van der Waals surface area (Å²) in [5.74, 6) is -0.917. The highest BCUT2D eigenvalue weighted by molar-refractivity contribution is 5.70. The number of rotatable bonds is 19. The summed E-state index contributed by atoms with van der Waals surface area (Å²) < 4.78 is 0. The summed E-state index contributed by atoms with van der Waals surface area (Å²) in [6, 6.07) is 4.13. The molecular formula is C36H67NO3. The second-order valence-electron chi connectivity index (χ2n) is 13.9. The number of hydrogen-bond donors (Lipinski definition) is 3. The second kappa shape index (κ2) is 21.2. The Morgan fingerprint density at radius 1 is 0.725 bits per heavy atom. The quantitative estimate of drug-likeness (QED) is 0.147. The Balaban J connectivity index is 0.00000227. The first-order valence-electron chi connectivity index (χ1n) is 16.6. The zero-order chi connectivity index (χ0) is 30.6. The van der Waals surface area contributed by atoms with Gasteiger partial charge in [-0.05, 0) is 53.3 Å². The first kappa shape index (κ1) is 38.5. The van der Waals surface area contributed by atoms with Gasteiger partial charge in [-0.15, -0.1) is 0 Å². The van der Waals surface area contributed by atoms with Crippen LogP contribution in [0.4, 0.5) is 0 Å². The number of unbranched alkanes of at least 4 members (excludes halogenated alkanes) is 13. The number of benzene rings is 1. The molecule has 0 saturated carbocycles. The van der Waals surface area contributed by atoms with Gasteiger partial charge in [-0.25, -0.2) is 0 Å². The van der Waals surface area contributed by atoms with Crippen LogP contribution >= 0.6 is 0 Å². The molecule has 0 aliphatic heterocycles. The lowest BCUT2D eigenvalue weighted by Gasteiger charge is -2.28. The van der Waals surface area contributed by atoms with E-state index in [4.69, 9.17) is 5.73 Å². The van der Waals surface area contributed by atoms with Crippen molar-refractivity contribution in [2.45, 2.75) is 175 Å². The number of phenols is 1. The number of carbonyl (C=O) groups is 1. The third kappa shape index (κ3) is 17.3. The summed E-state index contributed by atoms with van der Waals surface area (Å²) in [6.07, 6.45) is 20.2. The van der Waals surface area contributed by atoms with E-state index < -0.39 is 11.9 Å². The molecule has 4 heteroatoms. The normalized spacial score (nSPS) is 12.6. The van der Waals surface area contributed by atoms with Crippen LogP contribution < -0.4 is 5.73 Å². The number of hydrogen-bond acceptors (Lipinski definition) is 3. The summed E-state index contributed by atoms with van der Waals surface area (Å²) >= 11 is 0. The molecule has 1 aromatic carbocycles. The predicted molar refractivity (Wildman–Crippen MR) is 175 cm³/mol. The van der Waals surface area contributed by atoms with Crippen LogP contribution in [-0.2, 0) is 22.0 Å². The predicted octanol–water partition coefficient (Wildman–Crippen LogP) is 10.5. The van der Waals surface area contributed by atoms with E-state index in [0.29, 0.717) is 12.8 Å². The van der Waals surface area contributed by atoms with Gasteiger partial charge in [0, 0.05) is 0 Å². The average molecular weight is 562 g/mol. The molecular weight excluding hydrogens is 494 g/mol. The summed E-state index contributed by atoms with van der Waals surface area (Å²) in [7, 11) is 0. The molecule has 40 heavy (non-hydrogen) atoms. The van der Waals surface area contributed by atoms with Gasteiger partial charge in [0.25, 0.3) is 0 Å². The van der Waals surface area contributed by atoms with Gasteiger partial charge in [0.1, 0.15) is 5.75 Å². The molecule has 1 atom stereocenters. The van der Waals surface area contributed by atoms with Gasteiger partial charge in [-0.1, -0.05) is 157 Å². The van der Waals surface area contributed by atoms with Crippen LogP contribution in [0.5, 0.6) is 5.75 Å². The molecule has 1 rings (SSSR count). The molecule has 234 valence electrons. The highest BCUT2D eigenvalue weighted by Gasteiger charge is 2.27. The third-order valence-electron chi connectivity index (χ3n) is 7.89. The van der Waals surface area contributed by atoms with Crippen LogP contribution in [0.3, 0.4) is 0 Å². The topological polar surface area (TPSA) is 83.5 Å². The minimum absolute atomic E-state index is 0.0589. The lowest BCUT2D eigenvalue weighted by atomic mass is 9.77. The van der Waals surface area contributed by atoms with Crippen LogP contribution in [0.15, 0.2) is 12.1 Å². The largest absolute Gasteiger partial charge is 0.507 e. The fourth-order valence-corrected chi connectivity index (χ4v) is 5.06. The maximum atomic E-state index is 12.0. The molecule has 0 fully saturated rings. The van der Waals surface area contributed by atoms with Crippen LogP contribution in [0, 0.1) is 5.92 Å². The summed E-state index contributed by atoms with van der Waals surface area (Å²) in [6.45, 7) is 18.1. The number of carboxylic acid groups (broad SMARTS) is 1. The van der Waals surface area contributed by atoms with Gasteiger partial charge in [0.15, 0.2) is 0 Å². The van der Waals surface area contributed by atoms with Crippen molar-refractivity contribution in [3.63, 3.8) is 0 Å². The van der Waals surface area contributed by atoms with E-state index in [0.717, 1.165) is 36.1 Å². The molecule has 0 aliphatic carbocycles. The Morgan fingerprint density at radius 3 is 1.55 bits per heavy atom. The Bertz CT molecular complexity index is 784. The number of aromatic hydroxyl groups is 1. The Morgan fingerprint density at radius 2 is 1.18 bits per heavy atom. The molecule has 0 aliphatic rings. The molecule has 0 saturated heterocycles. The third-order valence-corrected chi connectivity index (χ3v) is 7.89. The molecule has 0 heterocycles. The first-order valence-corrected chi connectivity index (χ1v) is 16.6. The van der Waals surface area contributed by atoms with Gasteiger partial charge < -0.3 is 15.9 Å². The van der Waals surface area contributed by atoms with Crippen LogP contribution in [-0.4, -0.2) is 22.7 Å². The number of nitrogens with two attached hydrogens (primary N) is 1. The van der Waals surface area contributed by atoms with Crippen molar-refractivity contribution in [2.24, 2.45) is 11.7 Å². The molecule has 0 spiro atoms. The van der Waals surface area contributed by atoms with Gasteiger partial charge >= 0.3 is 5.97 Å². The second-order valence-corrected chi connectivity index (χ2v) is 13.9. The number of carboxylic acids is 1. The van der Waals surface area contributed by atoms with E-state index in [-0.39, 0.29) is 16.6 Å². The summed E-state index contributed by atoms with van der Waals surface area (Å²) in [4.78, 5) is 12.0. The van der Waals surface area contributed by atoms with Gasteiger partial charge in [-0.3, -0.25) is 4.79 Å². The summed E-state index contributed by atoms with van der Waals surface area (Å²) in [5.41, 5.74) is 7.80. The van der Waals surface area contributed by atoms with E-state index >= 15 is 0 Å². The van der Waals surface area contributed by atoms with Gasteiger partial charge in [-0.2, -0.15) is 0 Å². The van der Waals surface area contributed by atoms with Crippen LogP contribution in [0.25, 0.3) is 0 Å². The van der Waals surface area contributed by atoms with Gasteiger partial charge in [0.05, 0.1) is 5.92 Å². The molecule has 0 bridgehead atoms. The highest BCUT2D eigenvalue weighted by atomic mass is 16.4. The lowest BCUT2D eigenvalue weighted by Crippen LogP contribution is -2.20. The first-order chi connectivity index (χ1) is 18.8. The van der Waals surface area contributed by atoms with E-state index in [1.165, 1.54) is 83.5 Å². The Kier molecular flexibility index (Phi) is 20.4. The number of aliphatic carboxylic acids is 1. The lowest BCUT2D eigenvalue weighted by molar-refractivity contribution is -0.142. The van der Waals surface area contributed by atoms with Crippen molar-refractivity contribution < 1.29 is 15.0 Å². The number of phenolic OH excluding ortho intramolecular Hbond substituents is 1. The zero-order valence-electron chi connectivity index (χ0n) is 27.8. The highest BCUT2D eigenvalue weighted by Crippen LogP contribution is 2.39. The molecule has 4 N–H and O–H groups in total. The van der Waals surface area contributed by atoms with Gasteiger partial charge in [0.2, 0.25) is 0 Å².